The molecule has 3 N–H and O–H groups in total. The van der Waals surface area contributed by atoms with Gasteiger partial charge in [0.1, 0.15) is 11.3 Å². The van der Waals surface area contributed by atoms with E-state index in [2.05, 4.69) is 10.2 Å². The largest absolute Gasteiger partial charge is 0.508 e. The van der Waals surface area contributed by atoms with Crippen LogP contribution < -0.4 is 0 Å². The van der Waals surface area contributed by atoms with Crippen LogP contribution in [0.3, 0.4) is 0 Å². The molecule has 2 heterocycles. The lowest BCUT2D eigenvalue weighted by atomic mass is 10.1. The molecule has 0 aliphatic carbocycles. The minimum atomic E-state index is -1.04. The van der Waals surface area contributed by atoms with Gasteiger partial charge in [-0.1, -0.05) is 0 Å². The molecule has 0 fully saturated rings. The number of nitrogens with one attached hydrogen (secondary N) is 1. The van der Waals surface area contributed by atoms with Gasteiger partial charge in [-0.15, -0.1) is 0 Å². The molecule has 0 aliphatic heterocycles. The van der Waals surface area contributed by atoms with E-state index >= 15 is 0 Å². The van der Waals surface area contributed by atoms with Crippen LogP contribution in [0.25, 0.3) is 22.2 Å². The van der Waals surface area contributed by atoms with Crippen molar-refractivity contribution in [2.45, 2.75) is 0 Å². The van der Waals surface area contributed by atoms with Crippen LogP contribution >= 0.6 is 0 Å². The van der Waals surface area contributed by atoms with Gasteiger partial charge in [0.15, 0.2) is 0 Å². The molecule has 0 atom stereocenters. The van der Waals surface area contributed by atoms with E-state index in [0.29, 0.717) is 11.3 Å². The van der Waals surface area contributed by atoms with Crippen molar-refractivity contribution in [2.75, 3.05) is 0 Å². The summed E-state index contributed by atoms with van der Waals surface area (Å²) in [7, 11) is 1.86. The first-order valence-corrected chi connectivity index (χ1v) is 5.63. The first-order valence-electron chi connectivity index (χ1n) is 5.63. The second-order valence-corrected chi connectivity index (χ2v) is 4.32. The highest BCUT2D eigenvalue weighted by Crippen LogP contribution is 2.32. The van der Waals surface area contributed by atoms with E-state index in [0.717, 1.165) is 10.9 Å². The van der Waals surface area contributed by atoms with Gasteiger partial charge in [0.2, 0.25) is 0 Å². The number of phenols is 1. The molecule has 96 valence electrons. The van der Waals surface area contributed by atoms with Crippen LogP contribution in [0.4, 0.5) is 0 Å². The highest BCUT2D eigenvalue weighted by molar-refractivity contribution is 6.02. The Morgan fingerprint density at radius 3 is 2.95 bits per heavy atom. The summed E-state index contributed by atoms with van der Waals surface area (Å²) < 4.78 is 1.87. The van der Waals surface area contributed by atoms with E-state index in [4.69, 9.17) is 5.11 Å². The van der Waals surface area contributed by atoms with Crippen molar-refractivity contribution >= 4 is 16.9 Å². The van der Waals surface area contributed by atoms with E-state index < -0.39 is 5.97 Å². The molecule has 0 saturated carbocycles. The first kappa shape index (κ1) is 11.3. The number of carbonyl (C=O) groups is 1. The molecule has 0 radical (unpaired) electrons. The Hall–Kier alpha value is -2.76. The number of phenolic OH excluding ortho intramolecular Hbond substituents is 1. The maximum atomic E-state index is 11.1. The minimum absolute atomic E-state index is 0.107. The predicted molar refractivity (Wildman–Crippen MR) is 69.1 cm³/mol. The summed E-state index contributed by atoms with van der Waals surface area (Å²) in [6.07, 6.45) is 3.09. The van der Waals surface area contributed by atoms with Crippen LogP contribution in [0.2, 0.25) is 0 Å². The Bertz CT molecular complexity index is 786. The Kier molecular flexibility index (Phi) is 2.31. The predicted octanol–water partition coefficient (Wildman–Crippen LogP) is 1.97. The monoisotopic (exact) mass is 257 g/mol. The summed E-state index contributed by atoms with van der Waals surface area (Å²) in [6.45, 7) is 0. The van der Waals surface area contributed by atoms with Crippen LogP contribution in [0, 0.1) is 0 Å². The zero-order valence-corrected chi connectivity index (χ0v) is 10.1. The molecular formula is C13H11N3O3. The van der Waals surface area contributed by atoms with Crippen molar-refractivity contribution in [3.63, 3.8) is 0 Å². The van der Waals surface area contributed by atoms with Gasteiger partial charge < -0.3 is 14.8 Å². The average Bonchev–Trinajstić information content (AvgIpc) is 2.94. The van der Waals surface area contributed by atoms with Gasteiger partial charge in [0.05, 0.1) is 11.9 Å². The van der Waals surface area contributed by atoms with Crippen LogP contribution in [-0.2, 0) is 7.05 Å². The first-order chi connectivity index (χ1) is 9.08. The van der Waals surface area contributed by atoms with Gasteiger partial charge in [-0.25, -0.2) is 4.79 Å². The zero-order valence-electron chi connectivity index (χ0n) is 10.1. The number of aryl methyl sites for hydroxylation is 1. The average molecular weight is 257 g/mol. The summed E-state index contributed by atoms with van der Waals surface area (Å²) in [5.74, 6) is -0.905. The van der Waals surface area contributed by atoms with Gasteiger partial charge in [-0.3, -0.25) is 5.10 Å². The molecule has 3 aromatic rings. The molecule has 3 rings (SSSR count). The maximum Gasteiger partial charge on any atom is 0.339 e. The molecule has 0 aliphatic rings. The Balaban J connectivity index is 2.33. The van der Waals surface area contributed by atoms with Crippen LogP contribution in [0.1, 0.15) is 10.4 Å². The third-order valence-electron chi connectivity index (χ3n) is 3.11. The molecule has 2 aromatic heterocycles. The Morgan fingerprint density at radius 2 is 2.21 bits per heavy atom. The van der Waals surface area contributed by atoms with E-state index in [1.165, 1.54) is 6.20 Å². The van der Waals surface area contributed by atoms with E-state index in [1.807, 2.05) is 17.8 Å². The zero-order chi connectivity index (χ0) is 13.6. The van der Waals surface area contributed by atoms with E-state index in [1.54, 1.807) is 18.2 Å². The summed E-state index contributed by atoms with van der Waals surface area (Å²) in [6, 6.07) is 4.99. The van der Waals surface area contributed by atoms with Crippen molar-refractivity contribution in [3.05, 3.63) is 36.2 Å². The number of carboxylic acids is 1. The van der Waals surface area contributed by atoms with Crippen molar-refractivity contribution in [1.29, 1.82) is 0 Å². The number of H-pyrrole nitrogens is 1. The lowest BCUT2D eigenvalue weighted by Crippen LogP contribution is -1.96. The molecule has 19 heavy (non-hydrogen) atoms. The van der Waals surface area contributed by atoms with Crippen molar-refractivity contribution in [3.8, 4) is 17.0 Å². The highest BCUT2D eigenvalue weighted by Gasteiger charge is 2.18. The van der Waals surface area contributed by atoms with Crippen LogP contribution in [-0.4, -0.2) is 30.9 Å². The number of aromatic amines is 1. The number of aromatic hydroxyl groups is 1. The second-order valence-electron chi connectivity index (χ2n) is 4.32. The molecule has 1 aromatic carbocycles. The number of hydrogen-bond acceptors (Lipinski definition) is 3. The van der Waals surface area contributed by atoms with E-state index in [9.17, 15) is 9.90 Å². The quantitative estimate of drug-likeness (QED) is 0.654. The maximum absolute atomic E-state index is 11.1. The standard InChI is InChI=1S/C13H11N3O3/c1-16-6-10(8-4-7(17)2-3-11(8)16)12-9(13(18)19)5-14-15-12/h2-6,17H,1H3,(H,14,15)(H,18,19). The van der Waals surface area contributed by atoms with Gasteiger partial charge in [0, 0.05) is 29.7 Å². The molecule has 6 nitrogen and oxygen atoms in total. The lowest BCUT2D eigenvalue weighted by Gasteiger charge is -1.99. The lowest BCUT2D eigenvalue weighted by molar-refractivity contribution is 0.0698. The van der Waals surface area contributed by atoms with Gasteiger partial charge >= 0.3 is 5.97 Å². The fraction of sp³-hybridized carbons (Fsp3) is 0.0769. The molecular weight excluding hydrogens is 246 g/mol. The van der Waals surface area contributed by atoms with Crippen molar-refractivity contribution in [1.82, 2.24) is 14.8 Å². The number of rotatable bonds is 2. The van der Waals surface area contributed by atoms with Crippen molar-refractivity contribution < 1.29 is 15.0 Å². The minimum Gasteiger partial charge on any atom is -0.508 e. The third-order valence-corrected chi connectivity index (χ3v) is 3.11. The fourth-order valence-corrected chi connectivity index (χ4v) is 2.23. The third kappa shape index (κ3) is 1.65. The second kappa shape index (κ2) is 3.88. The molecule has 6 heteroatoms. The Morgan fingerprint density at radius 1 is 1.42 bits per heavy atom. The normalized spacial score (nSPS) is 11.0. The molecule has 0 unspecified atom stereocenters. The Labute approximate surface area is 107 Å². The number of aromatic carboxylic acids is 1. The number of fused-ring (bicyclic) bond motifs is 1. The fourth-order valence-electron chi connectivity index (χ4n) is 2.23. The topological polar surface area (TPSA) is 91.1 Å². The van der Waals surface area contributed by atoms with Crippen LogP contribution in [0.5, 0.6) is 5.75 Å². The molecule has 0 spiro atoms. The number of carboxylic acid groups (broad SMARTS) is 1. The summed E-state index contributed by atoms with van der Waals surface area (Å²) in [4.78, 5) is 11.1. The number of nitrogens with zero attached hydrogens (tertiary/aromatic N) is 2. The summed E-state index contributed by atoms with van der Waals surface area (Å²) in [5, 5.41) is 26.0. The molecule has 0 saturated heterocycles. The highest BCUT2D eigenvalue weighted by atomic mass is 16.4. The summed E-state index contributed by atoms with van der Waals surface area (Å²) in [5.41, 5.74) is 2.14. The summed E-state index contributed by atoms with van der Waals surface area (Å²) >= 11 is 0. The van der Waals surface area contributed by atoms with Gasteiger partial charge in [-0.2, -0.15) is 5.10 Å². The smallest absolute Gasteiger partial charge is 0.339 e. The number of aromatic nitrogens is 3. The van der Waals surface area contributed by atoms with E-state index in [-0.39, 0.29) is 11.3 Å². The number of benzene rings is 1. The van der Waals surface area contributed by atoms with Crippen LogP contribution in [0.15, 0.2) is 30.6 Å². The molecule has 0 bridgehead atoms. The van der Waals surface area contributed by atoms with Crippen molar-refractivity contribution in [2.24, 2.45) is 7.05 Å². The van der Waals surface area contributed by atoms with Gasteiger partial charge in [0.25, 0.3) is 0 Å². The van der Waals surface area contributed by atoms with Gasteiger partial charge in [-0.05, 0) is 18.2 Å². The number of hydrogen-bond donors (Lipinski definition) is 3. The molecule has 0 amide bonds. The SMILES string of the molecule is Cn1cc(-c2[nH]ncc2C(=O)O)c2cc(O)ccc21.